The molecule has 1 saturated heterocycles. The van der Waals surface area contributed by atoms with E-state index in [-0.39, 0.29) is 16.8 Å². The van der Waals surface area contributed by atoms with Crippen molar-refractivity contribution in [1.29, 1.82) is 0 Å². The van der Waals surface area contributed by atoms with Crippen LogP contribution in [-0.4, -0.2) is 42.7 Å². The topological polar surface area (TPSA) is 102 Å². The molecule has 40 heavy (non-hydrogen) atoms. The monoisotopic (exact) mass is 622 g/mol. The molecule has 0 radical (unpaired) electrons. The van der Waals surface area contributed by atoms with Crippen molar-refractivity contribution < 1.29 is 17.8 Å². The maximum atomic E-state index is 12.9. The Balaban J connectivity index is 0.000000283. The van der Waals surface area contributed by atoms with Crippen molar-refractivity contribution in [3.8, 4) is 0 Å². The lowest BCUT2D eigenvalue weighted by Crippen LogP contribution is -2.47. The maximum Gasteiger partial charge on any atom is 0.294 e. The molecule has 2 N–H and O–H groups in total. The standard InChI is InChI=1S/C21H21Cl3N4O.C7H8O3S/c22-15-6-4-14(5-7-15)20-13-18(21(29)26-27-10-2-1-3-11-27)25-28(20)19-9-8-16(23)12-17(19)24;1-6-2-4-7(5-3-6)11(8,9)10/h4-9,12,20H,1-3,10-11,13H2,(H,26,29);2-5H,1H3,(H,8,9,10)/t20-;/m1./s1. The lowest BCUT2D eigenvalue weighted by Gasteiger charge is -2.26. The van der Waals surface area contributed by atoms with E-state index in [9.17, 15) is 13.2 Å². The molecule has 1 amide bonds. The molecule has 0 saturated carbocycles. The van der Waals surface area contributed by atoms with Crippen molar-refractivity contribution in [1.82, 2.24) is 10.4 Å². The zero-order valence-corrected chi connectivity index (χ0v) is 24.8. The van der Waals surface area contributed by atoms with Crippen molar-refractivity contribution in [3.63, 3.8) is 0 Å². The lowest BCUT2D eigenvalue weighted by atomic mass is 10.0. The first kappa shape index (κ1) is 30.3. The number of benzene rings is 3. The van der Waals surface area contributed by atoms with Crippen molar-refractivity contribution >= 4 is 62.2 Å². The number of hydrogen-bond donors (Lipinski definition) is 2. The molecular weight excluding hydrogens is 595 g/mol. The Hall–Kier alpha value is -2.66. The zero-order valence-electron chi connectivity index (χ0n) is 21.7. The van der Waals surface area contributed by atoms with Crippen LogP contribution in [0.2, 0.25) is 15.1 Å². The summed E-state index contributed by atoms with van der Waals surface area (Å²) in [7, 11) is -4.02. The first-order chi connectivity index (χ1) is 19.0. The highest BCUT2D eigenvalue weighted by atomic mass is 35.5. The average molecular weight is 624 g/mol. The van der Waals surface area contributed by atoms with E-state index in [1.54, 1.807) is 29.3 Å². The van der Waals surface area contributed by atoms with Crippen LogP contribution in [-0.2, 0) is 14.9 Å². The van der Waals surface area contributed by atoms with Gasteiger partial charge >= 0.3 is 0 Å². The van der Waals surface area contributed by atoms with Gasteiger partial charge in [-0.3, -0.25) is 19.8 Å². The fourth-order valence-electron chi connectivity index (χ4n) is 4.41. The summed E-state index contributed by atoms with van der Waals surface area (Å²) < 4.78 is 29.6. The minimum Gasteiger partial charge on any atom is -0.284 e. The third-order valence-electron chi connectivity index (χ3n) is 6.52. The maximum absolute atomic E-state index is 12.9. The first-order valence-corrected chi connectivity index (χ1v) is 15.3. The predicted octanol–water partition coefficient (Wildman–Crippen LogP) is 6.71. The number of anilines is 1. The van der Waals surface area contributed by atoms with E-state index in [1.165, 1.54) is 18.6 Å². The molecule has 2 aliphatic heterocycles. The second-order valence-corrected chi connectivity index (χ2v) is 12.2. The highest BCUT2D eigenvalue weighted by Gasteiger charge is 2.34. The van der Waals surface area contributed by atoms with Crippen molar-refractivity contribution in [2.24, 2.45) is 5.10 Å². The molecule has 3 aromatic rings. The first-order valence-electron chi connectivity index (χ1n) is 12.7. The van der Waals surface area contributed by atoms with E-state index in [0.717, 1.165) is 37.1 Å². The quantitative estimate of drug-likeness (QED) is 0.306. The third-order valence-corrected chi connectivity index (χ3v) is 8.18. The van der Waals surface area contributed by atoms with E-state index < -0.39 is 10.1 Å². The van der Waals surface area contributed by atoms with Gasteiger partial charge in [0.15, 0.2) is 0 Å². The number of carbonyl (C=O) groups excluding carboxylic acids is 1. The summed E-state index contributed by atoms with van der Waals surface area (Å²) in [5.41, 5.74) is 6.14. The number of nitrogens with zero attached hydrogens (tertiary/aromatic N) is 3. The molecule has 0 unspecified atom stereocenters. The number of hydrazine groups is 1. The number of amides is 1. The molecule has 1 fully saturated rings. The van der Waals surface area contributed by atoms with Crippen molar-refractivity contribution in [2.75, 3.05) is 18.1 Å². The van der Waals surface area contributed by atoms with Crippen LogP contribution in [0.5, 0.6) is 0 Å². The molecule has 5 rings (SSSR count). The van der Waals surface area contributed by atoms with E-state index in [4.69, 9.17) is 39.4 Å². The number of nitrogens with one attached hydrogen (secondary N) is 1. The fraction of sp³-hybridized carbons (Fsp3) is 0.286. The van der Waals surface area contributed by atoms with E-state index in [2.05, 4.69) is 10.5 Å². The minimum absolute atomic E-state index is 0.0666. The summed E-state index contributed by atoms with van der Waals surface area (Å²) in [6.45, 7) is 3.58. The van der Waals surface area contributed by atoms with E-state index >= 15 is 0 Å². The molecule has 1 atom stereocenters. The highest BCUT2D eigenvalue weighted by Crippen LogP contribution is 2.39. The number of piperidine rings is 1. The molecule has 0 aromatic heterocycles. The van der Waals surface area contributed by atoms with Gasteiger partial charge in [0.1, 0.15) is 5.71 Å². The Labute approximate surface area is 249 Å². The molecular formula is C28H29Cl3N4O4S. The van der Waals surface area contributed by atoms with Gasteiger partial charge in [0.05, 0.1) is 21.6 Å². The molecule has 0 aliphatic carbocycles. The van der Waals surface area contributed by atoms with Crippen LogP contribution in [0.3, 0.4) is 0 Å². The van der Waals surface area contributed by atoms with Gasteiger partial charge in [-0.05, 0) is 67.8 Å². The van der Waals surface area contributed by atoms with E-state index in [1.807, 2.05) is 42.3 Å². The lowest BCUT2D eigenvalue weighted by molar-refractivity contribution is -0.119. The minimum atomic E-state index is -4.02. The van der Waals surface area contributed by atoms with Crippen LogP contribution in [0, 0.1) is 6.92 Å². The molecule has 212 valence electrons. The Morgan fingerprint density at radius 3 is 2.15 bits per heavy atom. The normalized spacial score (nSPS) is 17.6. The zero-order chi connectivity index (χ0) is 28.9. The molecule has 2 aliphatic rings. The number of aryl methyl sites for hydroxylation is 1. The molecule has 0 bridgehead atoms. The predicted molar refractivity (Wildman–Crippen MR) is 160 cm³/mol. The van der Waals surface area contributed by atoms with Crippen molar-refractivity contribution in [2.45, 2.75) is 43.5 Å². The number of carbonyl (C=O) groups is 1. The van der Waals surface area contributed by atoms with Crippen LogP contribution in [0.25, 0.3) is 0 Å². The van der Waals surface area contributed by atoms with E-state index in [0.29, 0.717) is 32.9 Å². The summed E-state index contributed by atoms with van der Waals surface area (Å²) in [6.07, 6.45) is 3.86. The largest absolute Gasteiger partial charge is 0.294 e. The third kappa shape index (κ3) is 7.96. The van der Waals surface area contributed by atoms with Crippen molar-refractivity contribution in [3.05, 3.63) is 92.9 Å². The molecule has 8 nitrogen and oxygen atoms in total. The summed E-state index contributed by atoms with van der Waals surface area (Å²) in [5.74, 6) is -0.168. The van der Waals surface area contributed by atoms with Gasteiger partial charge in [0.2, 0.25) is 0 Å². The van der Waals surface area contributed by atoms with Gasteiger partial charge in [0, 0.05) is 29.6 Å². The Kier molecular flexibility index (Phi) is 10.1. The van der Waals surface area contributed by atoms with Gasteiger partial charge in [-0.1, -0.05) is 71.1 Å². The Bertz CT molecular complexity index is 1480. The molecule has 3 aromatic carbocycles. The Morgan fingerprint density at radius 1 is 0.925 bits per heavy atom. The summed E-state index contributed by atoms with van der Waals surface area (Å²) in [4.78, 5) is 12.8. The van der Waals surface area contributed by atoms with Crippen LogP contribution in [0.1, 0.15) is 42.9 Å². The number of hydrogen-bond acceptors (Lipinski definition) is 6. The second-order valence-electron chi connectivity index (χ2n) is 9.54. The smallest absolute Gasteiger partial charge is 0.284 e. The Morgan fingerprint density at radius 2 is 1.55 bits per heavy atom. The van der Waals surface area contributed by atoms with Crippen LogP contribution < -0.4 is 10.4 Å². The summed E-state index contributed by atoms with van der Waals surface area (Å²) >= 11 is 18.6. The summed E-state index contributed by atoms with van der Waals surface area (Å²) in [5, 5.41) is 10.1. The second kappa shape index (κ2) is 13.3. The number of rotatable bonds is 5. The van der Waals surface area contributed by atoms with Gasteiger partial charge in [0.25, 0.3) is 16.0 Å². The van der Waals surface area contributed by atoms with Gasteiger partial charge < -0.3 is 0 Å². The molecule has 0 spiro atoms. The molecule has 2 heterocycles. The van der Waals surface area contributed by atoms with Crippen LogP contribution in [0.4, 0.5) is 5.69 Å². The van der Waals surface area contributed by atoms with Gasteiger partial charge in [-0.2, -0.15) is 13.5 Å². The van der Waals surface area contributed by atoms with Gasteiger partial charge in [-0.25, -0.2) is 5.01 Å². The molecule has 12 heteroatoms. The average Bonchev–Trinajstić information content (AvgIpc) is 3.35. The number of hydrazone groups is 1. The van der Waals surface area contributed by atoms with Crippen LogP contribution in [0.15, 0.2) is 76.7 Å². The van der Waals surface area contributed by atoms with Gasteiger partial charge in [-0.15, -0.1) is 0 Å². The van der Waals surface area contributed by atoms with Crippen LogP contribution >= 0.6 is 34.8 Å². The summed E-state index contributed by atoms with van der Waals surface area (Å²) in [6, 6.07) is 18.7. The fourth-order valence-corrected chi connectivity index (χ4v) is 5.51. The number of halogens is 3. The highest BCUT2D eigenvalue weighted by molar-refractivity contribution is 7.85. The SMILES string of the molecule is Cc1ccc(S(=O)(=O)O)cc1.O=C(NN1CCCCC1)C1=NN(c2ccc(Cl)cc2Cl)[C@@H](c2ccc(Cl)cc2)C1.